The van der Waals surface area contributed by atoms with E-state index in [0.29, 0.717) is 30.5 Å². The Kier molecular flexibility index (Phi) is 5.54. The molecule has 7 nitrogen and oxygen atoms in total. The molecule has 1 fully saturated rings. The zero-order valence-electron chi connectivity index (χ0n) is 13.5. The van der Waals surface area contributed by atoms with Crippen molar-refractivity contribution < 1.29 is 24.2 Å². The van der Waals surface area contributed by atoms with Crippen molar-refractivity contribution in [2.24, 2.45) is 11.8 Å². The predicted octanol–water partition coefficient (Wildman–Crippen LogP) is 1.93. The van der Waals surface area contributed by atoms with Gasteiger partial charge in [-0.05, 0) is 24.3 Å². The molecule has 2 rings (SSSR count). The number of nitrogens with one attached hydrogen (secondary N) is 1. The van der Waals surface area contributed by atoms with Crippen molar-refractivity contribution in [2.45, 2.75) is 39.4 Å². The number of anilines is 1. The van der Waals surface area contributed by atoms with Crippen molar-refractivity contribution in [1.29, 1.82) is 0 Å². The van der Waals surface area contributed by atoms with Crippen LogP contribution in [0.15, 0.2) is 18.3 Å². The second-order valence-corrected chi connectivity index (χ2v) is 6.18. The topological polar surface area (TPSA) is 97.8 Å². The number of hydrogen-bond acceptors (Lipinski definition) is 5. The minimum absolute atomic E-state index is 0.201. The van der Waals surface area contributed by atoms with E-state index in [2.05, 4.69) is 10.3 Å². The van der Waals surface area contributed by atoms with Crippen LogP contribution in [0, 0.1) is 11.8 Å². The van der Waals surface area contributed by atoms with Crippen molar-refractivity contribution in [2.75, 3.05) is 11.9 Å². The van der Waals surface area contributed by atoms with Crippen molar-refractivity contribution in [1.82, 2.24) is 4.98 Å². The van der Waals surface area contributed by atoms with E-state index in [9.17, 15) is 9.59 Å². The molecule has 1 aromatic rings. The first-order valence-corrected chi connectivity index (χ1v) is 7.64. The van der Waals surface area contributed by atoms with Gasteiger partial charge in [-0.2, -0.15) is 0 Å². The van der Waals surface area contributed by atoms with Crippen LogP contribution in [0.3, 0.4) is 0 Å². The van der Waals surface area contributed by atoms with Gasteiger partial charge in [-0.1, -0.05) is 20.8 Å². The van der Waals surface area contributed by atoms with Gasteiger partial charge < -0.3 is 19.9 Å². The van der Waals surface area contributed by atoms with Gasteiger partial charge in [0.05, 0.1) is 18.5 Å². The maximum Gasteiger partial charge on any atom is 0.333 e. The molecule has 1 aliphatic rings. The summed E-state index contributed by atoms with van der Waals surface area (Å²) in [6.07, 6.45) is 0.186. The lowest BCUT2D eigenvalue weighted by Crippen LogP contribution is -2.30. The molecular weight excluding hydrogens is 300 g/mol. The van der Waals surface area contributed by atoms with E-state index in [1.807, 2.05) is 13.8 Å². The Morgan fingerprint density at radius 1 is 1.48 bits per heavy atom. The highest BCUT2D eigenvalue weighted by atomic mass is 16.5. The van der Waals surface area contributed by atoms with Crippen LogP contribution >= 0.6 is 0 Å². The Balaban J connectivity index is 1.89. The molecule has 0 aliphatic carbocycles. The number of carboxylic acids is 1. The van der Waals surface area contributed by atoms with Crippen LogP contribution in [-0.4, -0.2) is 40.8 Å². The number of carbonyl (C=O) groups is 2. The van der Waals surface area contributed by atoms with E-state index in [1.165, 1.54) is 6.20 Å². The minimum atomic E-state index is -1.04. The van der Waals surface area contributed by atoms with Gasteiger partial charge in [0, 0.05) is 6.07 Å². The Hall–Kier alpha value is -2.15. The summed E-state index contributed by atoms with van der Waals surface area (Å²) >= 11 is 0. The molecule has 7 heteroatoms. The summed E-state index contributed by atoms with van der Waals surface area (Å²) in [4.78, 5) is 27.3. The van der Waals surface area contributed by atoms with Gasteiger partial charge in [0.15, 0.2) is 6.10 Å². The molecule has 1 aromatic heterocycles. The molecule has 0 spiro atoms. The van der Waals surface area contributed by atoms with Crippen LogP contribution in [0.5, 0.6) is 5.88 Å². The first-order chi connectivity index (χ1) is 10.9. The SMILES string of the molecule is CC(C)COc1ccc(NC(=O)[C@@H]2C[C@H](C)[C@@H](C(=O)O)O2)cn1. The van der Waals surface area contributed by atoms with Gasteiger partial charge in [-0.3, -0.25) is 4.79 Å². The number of nitrogens with zero attached hydrogens (tertiary/aromatic N) is 1. The third-order valence-corrected chi connectivity index (χ3v) is 3.52. The lowest BCUT2D eigenvalue weighted by atomic mass is 10.0. The molecule has 23 heavy (non-hydrogen) atoms. The molecule has 3 atom stereocenters. The summed E-state index contributed by atoms with van der Waals surface area (Å²) in [6, 6.07) is 3.36. The summed E-state index contributed by atoms with van der Waals surface area (Å²) in [6.45, 7) is 6.42. The van der Waals surface area contributed by atoms with Crippen LogP contribution in [0.25, 0.3) is 0 Å². The van der Waals surface area contributed by atoms with Gasteiger partial charge >= 0.3 is 5.97 Å². The monoisotopic (exact) mass is 322 g/mol. The largest absolute Gasteiger partial charge is 0.479 e. The van der Waals surface area contributed by atoms with E-state index < -0.39 is 18.2 Å². The average molecular weight is 322 g/mol. The Labute approximate surface area is 135 Å². The minimum Gasteiger partial charge on any atom is -0.479 e. The molecule has 2 N–H and O–H groups in total. The highest BCUT2D eigenvalue weighted by Crippen LogP contribution is 2.27. The number of amides is 1. The van der Waals surface area contributed by atoms with Gasteiger partial charge in [-0.25, -0.2) is 9.78 Å². The highest BCUT2D eigenvalue weighted by Gasteiger charge is 2.40. The van der Waals surface area contributed by atoms with Crippen LogP contribution < -0.4 is 10.1 Å². The first-order valence-electron chi connectivity index (χ1n) is 7.64. The Morgan fingerprint density at radius 2 is 2.22 bits per heavy atom. The maximum absolute atomic E-state index is 12.1. The Morgan fingerprint density at radius 3 is 2.74 bits per heavy atom. The fourth-order valence-electron chi connectivity index (χ4n) is 2.31. The van der Waals surface area contributed by atoms with Gasteiger partial charge in [0.2, 0.25) is 5.88 Å². The molecule has 1 aliphatic heterocycles. The summed E-state index contributed by atoms with van der Waals surface area (Å²) in [5, 5.41) is 11.7. The summed E-state index contributed by atoms with van der Waals surface area (Å²) in [5.41, 5.74) is 0.516. The lowest BCUT2D eigenvalue weighted by Gasteiger charge is -2.12. The van der Waals surface area contributed by atoms with E-state index >= 15 is 0 Å². The van der Waals surface area contributed by atoms with Crippen molar-refractivity contribution in [3.63, 3.8) is 0 Å². The van der Waals surface area contributed by atoms with Crippen LogP contribution in [0.2, 0.25) is 0 Å². The number of pyridine rings is 1. The smallest absolute Gasteiger partial charge is 0.333 e. The second-order valence-electron chi connectivity index (χ2n) is 6.18. The van der Waals surface area contributed by atoms with Crippen molar-refractivity contribution in [3.05, 3.63) is 18.3 Å². The molecule has 1 saturated heterocycles. The standard InChI is InChI=1S/C16H22N2O5/c1-9(2)8-22-13-5-4-11(7-17-13)18-15(19)12-6-10(3)14(23-12)16(20)21/h4-5,7,9-10,12,14H,6,8H2,1-3H3,(H,18,19)(H,20,21)/t10-,12-,14-/m0/s1. The molecule has 0 bridgehead atoms. The number of aliphatic carboxylic acids is 1. The van der Waals surface area contributed by atoms with Gasteiger partial charge in [0.25, 0.3) is 5.91 Å². The van der Waals surface area contributed by atoms with E-state index in [4.69, 9.17) is 14.6 Å². The normalized spacial score (nSPS) is 23.7. The molecule has 0 aromatic carbocycles. The zero-order chi connectivity index (χ0) is 17.0. The number of rotatable bonds is 6. The molecule has 2 heterocycles. The van der Waals surface area contributed by atoms with Crippen molar-refractivity contribution >= 4 is 17.6 Å². The lowest BCUT2D eigenvalue weighted by molar-refractivity contribution is -0.152. The summed E-state index contributed by atoms with van der Waals surface area (Å²) in [5.74, 6) is -0.708. The fraction of sp³-hybridized carbons (Fsp3) is 0.562. The van der Waals surface area contributed by atoms with E-state index in [0.717, 1.165) is 0 Å². The number of aromatic nitrogens is 1. The van der Waals surface area contributed by atoms with Gasteiger partial charge in [0.1, 0.15) is 6.10 Å². The number of ether oxygens (including phenoxy) is 2. The van der Waals surface area contributed by atoms with Gasteiger partial charge in [-0.15, -0.1) is 0 Å². The number of hydrogen-bond donors (Lipinski definition) is 2. The Bertz CT molecular complexity index is 558. The first kappa shape index (κ1) is 17.2. The average Bonchev–Trinajstić information content (AvgIpc) is 2.89. The molecule has 126 valence electrons. The zero-order valence-corrected chi connectivity index (χ0v) is 13.5. The van der Waals surface area contributed by atoms with Crippen LogP contribution in [0.1, 0.15) is 27.2 Å². The summed E-state index contributed by atoms with van der Waals surface area (Å²) < 4.78 is 10.8. The van der Waals surface area contributed by atoms with Crippen LogP contribution in [0.4, 0.5) is 5.69 Å². The van der Waals surface area contributed by atoms with Crippen molar-refractivity contribution in [3.8, 4) is 5.88 Å². The van der Waals surface area contributed by atoms with Crippen LogP contribution in [-0.2, 0) is 14.3 Å². The number of carbonyl (C=O) groups excluding carboxylic acids is 1. The predicted molar refractivity (Wildman–Crippen MR) is 83.3 cm³/mol. The summed E-state index contributed by atoms with van der Waals surface area (Å²) in [7, 11) is 0. The van der Waals surface area contributed by atoms with E-state index in [-0.39, 0.29) is 11.8 Å². The highest BCUT2D eigenvalue weighted by molar-refractivity contribution is 5.94. The molecule has 1 amide bonds. The third kappa shape index (κ3) is 4.66. The molecule has 0 saturated carbocycles. The van der Waals surface area contributed by atoms with E-state index in [1.54, 1.807) is 19.1 Å². The third-order valence-electron chi connectivity index (χ3n) is 3.52. The second kappa shape index (κ2) is 7.41. The number of carboxylic acid groups (broad SMARTS) is 1. The molecule has 0 radical (unpaired) electrons. The quantitative estimate of drug-likeness (QED) is 0.830. The molecule has 0 unspecified atom stereocenters. The maximum atomic E-state index is 12.1. The fourth-order valence-corrected chi connectivity index (χ4v) is 2.31. The molecular formula is C16H22N2O5.